The van der Waals surface area contributed by atoms with E-state index in [0.29, 0.717) is 11.5 Å². The van der Waals surface area contributed by atoms with Gasteiger partial charge in [0.2, 0.25) is 0 Å². The molecule has 8 heteroatoms. The average Bonchev–Trinajstić information content (AvgIpc) is 3.14. The number of hydrogen-bond donors (Lipinski definition) is 2. The lowest BCUT2D eigenvalue weighted by atomic mass is 10.1. The van der Waals surface area contributed by atoms with Crippen LogP contribution in [-0.4, -0.2) is 31.0 Å². The normalized spacial score (nSPS) is 20.9. The van der Waals surface area contributed by atoms with E-state index in [1.54, 1.807) is 19.2 Å². The Morgan fingerprint density at radius 3 is 2.38 bits per heavy atom. The van der Waals surface area contributed by atoms with Crippen LogP contribution in [0.15, 0.2) is 29.3 Å². The summed E-state index contributed by atoms with van der Waals surface area (Å²) in [6.07, 6.45) is -3.94. The van der Waals surface area contributed by atoms with Gasteiger partial charge in [-0.3, -0.25) is 4.99 Å². The van der Waals surface area contributed by atoms with Gasteiger partial charge in [0.15, 0.2) is 5.96 Å². The summed E-state index contributed by atoms with van der Waals surface area (Å²) < 4.78 is 41.6. The van der Waals surface area contributed by atoms with E-state index in [9.17, 15) is 13.2 Å². The number of aliphatic imine (C=N–C) groups is 1. The Balaban J connectivity index is 0.00000288. The monoisotopic (exact) mass is 457 g/mol. The minimum absolute atomic E-state index is 0. The number of halogens is 4. The Bertz CT molecular complexity index is 585. The van der Waals surface area contributed by atoms with Crippen LogP contribution >= 0.6 is 24.0 Å². The summed E-state index contributed by atoms with van der Waals surface area (Å²) in [6.45, 7) is 6.03. The molecule has 2 unspecified atom stereocenters. The van der Waals surface area contributed by atoms with Crippen molar-refractivity contribution in [1.82, 2.24) is 10.6 Å². The summed E-state index contributed by atoms with van der Waals surface area (Å²) in [5, 5.41) is 6.47. The molecule has 0 aliphatic heterocycles. The fraction of sp³-hybridized carbons (Fsp3) is 0.562. The van der Waals surface area contributed by atoms with E-state index in [1.807, 2.05) is 20.8 Å². The zero-order valence-electron chi connectivity index (χ0n) is 14.1. The van der Waals surface area contributed by atoms with Gasteiger partial charge >= 0.3 is 6.36 Å². The third kappa shape index (κ3) is 6.37. The lowest BCUT2D eigenvalue weighted by molar-refractivity contribution is -0.274. The van der Waals surface area contributed by atoms with Crippen molar-refractivity contribution in [1.29, 1.82) is 0 Å². The number of rotatable bonds is 3. The van der Waals surface area contributed by atoms with Crippen LogP contribution in [0.2, 0.25) is 0 Å². The van der Waals surface area contributed by atoms with Crippen molar-refractivity contribution < 1.29 is 17.9 Å². The standard InChI is InChI=1S/C16H22F3N3O.HI/c1-15(2,3)22-14(20-4)21-12-9-11(12)10-7-5-6-8-13(10)23-16(17,18)19;/h5-8,11-12H,9H2,1-4H3,(H2,20,21,22);1H. The average molecular weight is 457 g/mol. The number of alkyl halides is 3. The number of nitrogens with zero attached hydrogens (tertiary/aromatic N) is 1. The highest BCUT2D eigenvalue weighted by Crippen LogP contribution is 2.45. The zero-order chi connectivity index (χ0) is 17.3. The predicted octanol–water partition coefficient (Wildman–Crippen LogP) is 4.02. The van der Waals surface area contributed by atoms with Gasteiger partial charge in [-0.2, -0.15) is 0 Å². The fourth-order valence-corrected chi connectivity index (χ4v) is 2.39. The summed E-state index contributed by atoms with van der Waals surface area (Å²) in [7, 11) is 1.67. The molecule has 24 heavy (non-hydrogen) atoms. The lowest BCUT2D eigenvalue weighted by Crippen LogP contribution is -2.48. The molecule has 0 spiro atoms. The fourth-order valence-electron chi connectivity index (χ4n) is 2.39. The van der Waals surface area contributed by atoms with Crippen LogP contribution in [0.25, 0.3) is 0 Å². The van der Waals surface area contributed by atoms with Crippen LogP contribution < -0.4 is 15.4 Å². The van der Waals surface area contributed by atoms with E-state index in [-0.39, 0.29) is 47.2 Å². The van der Waals surface area contributed by atoms with Gasteiger partial charge in [-0.25, -0.2) is 0 Å². The summed E-state index contributed by atoms with van der Waals surface area (Å²) in [4.78, 5) is 4.15. The van der Waals surface area contributed by atoms with Crippen LogP contribution in [0.3, 0.4) is 0 Å². The maximum absolute atomic E-state index is 12.5. The van der Waals surface area contributed by atoms with E-state index in [1.165, 1.54) is 12.1 Å². The largest absolute Gasteiger partial charge is 0.573 e. The van der Waals surface area contributed by atoms with Crippen molar-refractivity contribution in [3.05, 3.63) is 29.8 Å². The summed E-state index contributed by atoms with van der Waals surface area (Å²) in [6, 6.07) is 6.32. The molecule has 1 aliphatic carbocycles. The second-order valence-electron chi connectivity index (χ2n) is 6.63. The number of ether oxygens (including phenoxy) is 1. The van der Waals surface area contributed by atoms with Gasteiger partial charge in [0.1, 0.15) is 5.75 Å². The predicted molar refractivity (Wildman–Crippen MR) is 99.1 cm³/mol. The molecule has 0 heterocycles. The van der Waals surface area contributed by atoms with Crippen molar-refractivity contribution in [2.75, 3.05) is 7.05 Å². The first kappa shape index (κ1) is 20.9. The maximum atomic E-state index is 12.5. The van der Waals surface area contributed by atoms with Crippen LogP contribution in [-0.2, 0) is 0 Å². The second-order valence-corrected chi connectivity index (χ2v) is 6.63. The molecule has 1 aromatic carbocycles. The Morgan fingerprint density at radius 1 is 1.21 bits per heavy atom. The van der Waals surface area contributed by atoms with Crippen molar-refractivity contribution in [3.8, 4) is 5.75 Å². The Morgan fingerprint density at radius 2 is 1.83 bits per heavy atom. The van der Waals surface area contributed by atoms with Crippen molar-refractivity contribution in [3.63, 3.8) is 0 Å². The smallest absolute Gasteiger partial charge is 0.405 e. The molecule has 1 aromatic rings. The van der Waals surface area contributed by atoms with E-state index in [4.69, 9.17) is 0 Å². The van der Waals surface area contributed by atoms with Crippen molar-refractivity contribution in [2.45, 2.75) is 51.1 Å². The van der Waals surface area contributed by atoms with Crippen LogP contribution in [0.4, 0.5) is 13.2 Å². The summed E-state index contributed by atoms with van der Waals surface area (Å²) in [5.41, 5.74) is 0.414. The van der Waals surface area contributed by atoms with E-state index in [0.717, 1.165) is 6.42 Å². The molecule has 0 bridgehead atoms. The molecule has 2 N–H and O–H groups in total. The number of benzene rings is 1. The van der Waals surface area contributed by atoms with Gasteiger partial charge in [0.05, 0.1) is 0 Å². The first-order valence-corrected chi connectivity index (χ1v) is 7.45. The third-order valence-corrected chi connectivity index (χ3v) is 3.37. The number of nitrogens with one attached hydrogen (secondary N) is 2. The summed E-state index contributed by atoms with van der Waals surface area (Å²) in [5.74, 6) is 0.486. The topological polar surface area (TPSA) is 45.7 Å². The van der Waals surface area contributed by atoms with Crippen LogP contribution in [0.1, 0.15) is 38.7 Å². The highest BCUT2D eigenvalue weighted by Gasteiger charge is 2.42. The quantitative estimate of drug-likeness (QED) is 0.410. The van der Waals surface area contributed by atoms with E-state index >= 15 is 0 Å². The molecule has 136 valence electrons. The Hall–Kier alpha value is -1.19. The van der Waals surface area contributed by atoms with Gasteiger partial charge in [-0.1, -0.05) is 18.2 Å². The zero-order valence-corrected chi connectivity index (χ0v) is 16.4. The van der Waals surface area contributed by atoms with E-state index < -0.39 is 6.36 Å². The molecule has 0 amide bonds. The molecule has 1 saturated carbocycles. The molecule has 0 saturated heterocycles. The molecule has 1 fully saturated rings. The number of hydrogen-bond acceptors (Lipinski definition) is 2. The van der Waals surface area contributed by atoms with Gasteiger partial charge in [0, 0.05) is 24.5 Å². The van der Waals surface area contributed by atoms with Gasteiger partial charge in [0.25, 0.3) is 0 Å². The van der Waals surface area contributed by atoms with Crippen molar-refractivity contribution >= 4 is 29.9 Å². The molecule has 0 aromatic heterocycles. The lowest BCUT2D eigenvalue weighted by Gasteiger charge is -2.24. The highest BCUT2D eigenvalue weighted by molar-refractivity contribution is 14.0. The number of para-hydroxylation sites is 1. The van der Waals surface area contributed by atoms with Crippen molar-refractivity contribution in [2.24, 2.45) is 4.99 Å². The molecule has 1 aliphatic rings. The first-order chi connectivity index (χ1) is 10.6. The maximum Gasteiger partial charge on any atom is 0.573 e. The van der Waals surface area contributed by atoms with E-state index in [2.05, 4.69) is 20.4 Å². The minimum Gasteiger partial charge on any atom is -0.405 e. The highest BCUT2D eigenvalue weighted by atomic mass is 127. The number of guanidine groups is 1. The molecule has 2 atom stereocenters. The minimum atomic E-state index is -4.68. The molecular formula is C16H23F3IN3O. The van der Waals surface area contributed by atoms with Gasteiger partial charge < -0.3 is 15.4 Å². The summed E-state index contributed by atoms with van der Waals surface area (Å²) >= 11 is 0. The first-order valence-electron chi connectivity index (χ1n) is 7.45. The van der Waals surface area contributed by atoms with Crippen LogP contribution in [0.5, 0.6) is 5.75 Å². The SMILES string of the molecule is CN=C(NC1CC1c1ccccc1OC(F)(F)F)NC(C)(C)C.I. The Kier molecular flexibility index (Phi) is 6.77. The Labute approximate surface area is 157 Å². The molecule has 4 nitrogen and oxygen atoms in total. The second kappa shape index (κ2) is 7.79. The molecule has 2 rings (SSSR count). The van der Waals surface area contributed by atoms with Crippen LogP contribution in [0, 0.1) is 0 Å². The molecule has 0 radical (unpaired) electrons. The third-order valence-electron chi connectivity index (χ3n) is 3.37. The van der Waals surface area contributed by atoms with Gasteiger partial charge in [-0.15, -0.1) is 37.1 Å². The molecular weight excluding hydrogens is 434 g/mol. The van der Waals surface area contributed by atoms with Gasteiger partial charge in [-0.05, 0) is 38.8 Å².